The molecule has 0 heterocycles. The van der Waals surface area contributed by atoms with Crippen molar-refractivity contribution in [3.05, 3.63) is 128 Å². The maximum Gasteiger partial charge on any atom is 0.264 e. The van der Waals surface area contributed by atoms with Crippen LogP contribution in [0.3, 0.4) is 0 Å². The topological polar surface area (TPSA) is 86.8 Å². The first-order valence-electron chi connectivity index (χ1n) is 14.7. The third kappa shape index (κ3) is 9.42. The van der Waals surface area contributed by atoms with E-state index in [0.29, 0.717) is 15.6 Å². The molecule has 1 N–H and O–H groups in total. The van der Waals surface area contributed by atoms with Gasteiger partial charge >= 0.3 is 0 Å². The van der Waals surface area contributed by atoms with Crippen LogP contribution in [-0.4, -0.2) is 43.3 Å². The van der Waals surface area contributed by atoms with Crippen molar-refractivity contribution >= 4 is 73.9 Å². The smallest absolute Gasteiger partial charge is 0.264 e. The molecule has 248 valence electrons. The lowest BCUT2D eigenvalue weighted by atomic mass is 10.0. The van der Waals surface area contributed by atoms with E-state index in [0.717, 1.165) is 15.4 Å². The van der Waals surface area contributed by atoms with Gasteiger partial charge in [-0.05, 0) is 75.7 Å². The minimum absolute atomic E-state index is 0.0334. The van der Waals surface area contributed by atoms with Crippen molar-refractivity contribution in [1.82, 2.24) is 10.2 Å². The molecule has 0 radical (unpaired) electrons. The number of carbonyl (C=O) groups excluding carboxylic acids is 2. The molecule has 4 rings (SSSR count). The summed E-state index contributed by atoms with van der Waals surface area (Å²) in [6, 6.07) is 23.7. The van der Waals surface area contributed by atoms with E-state index in [9.17, 15) is 18.0 Å². The Morgan fingerprint density at radius 2 is 1.40 bits per heavy atom. The minimum Gasteiger partial charge on any atom is -0.350 e. The summed E-state index contributed by atoms with van der Waals surface area (Å²) in [5.74, 6) is -1.10. The molecular formula is C35H35Cl4N3O4S. The number of sulfonamides is 1. The van der Waals surface area contributed by atoms with E-state index in [-0.39, 0.29) is 33.6 Å². The van der Waals surface area contributed by atoms with Crippen LogP contribution >= 0.6 is 46.4 Å². The highest BCUT2D eigenvalue weighted by atomic mass is 35.5. The first-order chi connectivity index (χ1) is 22.1. The second kappa shape index (κ2) is 15.3. The summed E-state index contributed by atoms with van der Waals surface area (Å²) in [7, 11) is -4.32. The summed E-state index contributed by atoms with van der Waals surface area (Å²) in [6.07, 6.45) is 0.133. The lowest BCUT2D eigenvalue weighted by Gasteiger charge is -2.35. The molecule has 7 nitrogen and oxygen atoms in total. The van der Waals surface area contributed by atoms with Crippen molar-refractivity contribution < 1.29 is 18.0 Å². The normalized spacial score (nSPS) is 12.3. The Hall–Kier alpha value is -3.27. The van der Waals surface area contributed by atoms with Crippen molar-refractivity contribution in [1.29, 1.82) is 0 Å². The second-order valence-electron chi connectivity index (χ2n) is 12.1. The van der Waals surface area contributed by atoms with Crippen molar-refractivity contribution in [3.63, 3.8) is 0 Å². The molecule has 0 fully saturated rings. The van der Waals surface area contributed by atoms with Crippen molar-refractivity contribution in [2.75, 3.05) is 10.8 Å². The molecule has 0 aliphatic rings. The highest BCUT2D eigenvalue weighted by molar-refractivity contribution is 7.92. The first kappa shape index (κ1) is 36.6. The zero-order valence-corrected chi connectivity index (χ0v) is 30.1. The van der Waals surface area contributed by atoms with Crippen LogP contribution in [-0.2, 0) is 32.6 Å². The molecule has 0 spiro atoms. The SMILES string of the molecule is Cc1ccc(S(=O)(=O)N(CC(=O)N(Cc2c(Cl)cccc2Cl)C(Cc2ccccc2)C(=O)NC(C)(C)C)c2ccc(Cl)c(Cl)c2)cc1. The monoisotopic (exact) mass is 733 g/mol. The molecule has 0 aliphatic heterocycles. The number of hydrogen-bond acceptors (Lipinski definition) is 4. The van der Waals surface area contributed by atoms with Crippen molar-refractivity contribution in [2.45, 2.75) is 57.1 Å². The highest BCUT2D eigenvalue weighted by Gasteiger charge is 2.36. The molecule has 12 heteroatoms. The van der Waals surface area contributed by atoms with E-state index < -0.39 is 40.0 Å². The van der Waals surface area contributed by atoms with Gasteiger partial charge in [-0.1, -0.05) is 100 Å². The Bertz CT molecular complexity index is 1830. The van der Waals surface area contributed by atoms with Crippen LogP contribution in [0.1, 0.15) is 37.5 Å². The van der Waals surface area contributed by atoms with E-state index in [4.69, 9.17) is 46.4 Å². The largest absolute Gasteiger partial charge is 0.350 e. The highest BCUT2D eigenvalue weighted by Crippen LogP contribution is 2.32. The zero-order valence-electron chi connectivity index (χ0n) is 26.3. The number of halogens is 4. The van der Waals surface area contributed by atoms with E-state index in [1.165, 1.54) is 35.2 Å². The summed E-state index contributed by atoms with van der Waals surface area (Å²) in [5, 5.41) is 3.89. The molecule has 1 atom stereocenters. The number of anilines is 1. The number of carbonyl (C=O) groups is 2. The molecule has 47 heavy (non-hydrogen) atoms. The predicted octanol–water partition coefficient (Wildman–Crippen LogP) is 8.36. The zero-order chi connectivity index (χ0) is 34.5. The van der Waals surface area contributed by atoms with E-state index in [2.05, 4.69) is 5.32 Å². The number of amides is 2. The van der Waals surface area contributed by atoms with Gasteiger partial charge in [-0.2, -0.15) is 0 Å². The Balaban J connectivity index is 1.87. The fourth-order valence-corrected chi connectivity index (χ4v) is 7.08. The van der Waals surface area contributed by atoms with Gasteiger partial charge in [-0.3, -0.25) is 13.9 Å². The lowest BCUT2D eigenvalue weighted by Crippen LogP contribution is -2.56. The molecule has 0 aromatic heterocycles. The third-order valence-electron chi connectivity index (χ3n) is 7.24. The molecule has 0 saturated heterocycles. The van der Waals surface area contributed by atoms with Gasteiger partial charge < -0.3 is 10.2 Å². The Morgan fingerprint density at radius 3 is 1.98 bits per heavy atom. The van der Waals surface area contributed by atoms with E-state index in [1.54, 1.807) is 30.3 Å². The van der Waals surface area contributed by atoms with Gasteiger partial charge in [0.15, 0.2) is 0 Å². The number of benzene rings is 4. The Labute approximate surface area is 296 Å². The van der Waals surface area contributed by atoms with Gasteiger partial charge in [-0.25, -0.2) is 8.42 Å². The van der Waals surface area contributed by atoms with Gasteiger partial charge in [0.25, 0.3) is 10.0 Å². The van der Waals surface area contributed by atoms with Gasteiger partial charge in [0.2, 0.25) is 11.8 Å². The quantitative estimate of drug-likeness (QED) is 0.168. The average Bonchev–Trinajstić information content (AvgIpc) is 3.00. The summed E-state index contributed by atoms with van der Waals surface area (Å²) in [6.45, 7) is 6.49. The second-order valence-corrected chi connectivity index (χ2v) is 15.6. The van der Waals surface area contributed by atoms with Gasteiger partial charge in [0, 0.05) is 34.1 Å². The van der Waals surface area contributed by atoms with E-state index >= 15 is 0 Å². The van der Waals surface area contributed by atoms with Crippen LogP contribution in [0.15, 0.2) is 95.9 Å². The summed E-state index contributed by atoms with van der Waals surface area (Å²) >= 11 is 25.6. The third-order valence-corrected chi connectivity index (χ3v) is 10.5. The predicted molar refractivity (Wildman–Crippen MR) is 191 cm³/mol. The molecule has 0 aliphatic carbocycles. The first-order valence-corrected chi connectivity index (χ1v) is 17.6. The van der Waals surface area contributed by atoms with Crippen molar-refractivity contribution in [2.24, 2.45) is 0 Å². The average molecular weight is 736 g/mol. The number of hydrogen-bond donors (Lipinski definition) is 1. The molecule has 4 aromatic carbocycles. The van der Waals surface area contributed by atoms with Gasteiger partial charge in [-0.15, -0.1) is 0 Å². The number of nitrogens with zero attached hydrogens (tertiary/aromatic N) is 2. The fourth-order valence-electron chi connectivity index (χ4n) is 4.87. The maximum absolute atomic E-state index is 14.6. The van der Waals surface area contributed by atoms with Crippen LogP contribution in [0.2, 0.25) is 20.1 Å². The Kier molecular flexibility index (Phi) is 11.9. The van der Waals surface area contributed by atoms with Crippen LogP contribution in [0.5, 0.6) is 0 Å². The van der Waals surface area contributed by atoms with Crippen LogP contribution in [0.25, 0.3) is 0 Å². The molecule has 0 bridgehead atoms. The molecule has 2 amide bonds. The molecule has 4 aromatic rings. The fraction of sp³-hybridized carbons (Fsp3) is 0.257. The summed E-state index contributed by atoms with van der Waals surface area (Å²) < 4.78 is 29.4. The summed E-state index contributed by atoms with van der Waals surface area (Å²) in [5.41, 5.74) is 1.54. The van der Waals surface area contributed by atoms with Crippen LogP contribution in [0.4, 0.5) is 5.69 Å². The van der Waals surface area contributed by atoms with E-state index in [1.807, 2.05) is 58.0 Å². The number of rotatable bonds is 11. The molecular weight excluding hydrogens is 700 g/mol. The van der Waals surface area contributed by atoms with Gasteiger partial charge in [0.05, 0.1) is 20.6 Å². The number of nitrogens with one attached hydrogen (secondary N) is 1. The Morgan fingerprint density at radius 1 is 0.787 bits per heavy atom. The van der Waals surface area contributed by atoms with Gasteiger partial charge in [0.1, 0.15) is 12.6 Å². The standard InChI is InChI=1S/C35H35Cl4N3O4S/c1-23-13-16-26(17-14-23)47(45,46)42(25-15-18-30(38)31(39)20-25)22-33(43)41(21-27-28(36)11-8-12-29(27)37)32(34(44)40-35(2,3)4)19-24-9-6-5-7-10-24/h5-18,20,32H,19,21-22H2,1-4H3,(H,40,44). The minimum atomic E-state index is -4.32. The molecule has 1 unspecified atom stereocenters. The van der Waals surface area contributed by atoms with Crippen molar-refractivity contribution in [3.8, 4) is 0 Å². The molecule has 0 saturated carbocycles. The summed E-state index contributed by atoms with van der Waals surface area (Å²) in [4.78, 5) is 30.0. The maximum atomic E-state index is 14.6. The van der Waals surface area contributed by atoms with Crippen LogP contribution in [0, 0.1) is 6.92 Å². The number of aryl methyl sites for hydroxylation is 1. The van der Waals surface area contributed by atoms with Crippen LogP contribution < -0.4 is 9.62 Å². The lowest BCUT2D eigenvalue weighted by molar-refractivity contribution is -0.140.